The molecule has 4 heteroatoms. The first kappa shape index (κ1) is 17.3. The van der Waals surface area contributed by atoms with Gasteiger partial charge in [0.25, 0.3) is 0 Å². The van der Waals surface area contributed by atoms with E-state index in [0.717, 1.165) is 17.7 Å². The van der Waals surface area contributed by atoms with Crippen molar-refractivity contribution in [1.82, 2.24) is 5.32 Å². The van der Waals surface area contributed by atoms with E-state index in [0.29, 0.717) is 25.5 Å². The highest BCUT2D eigenvalue weighted by molar-refractivity contribution is 5.87. The van der Waals surface area contributed by atoms with Crippen molar-refractivity contribution in [1.29, 1.82) is 0 Å². The molecule has 3 rings (SSSR count). The van der Waals surface area contributed by atoms with Crippen LogP contribution in [0.5, 0.6) is 11.5 Å². The van der Waals surface area contributed by atoms with Crippen LogP contribution in [-0.4, -0.2) is 25.7 Å². The number of ether oxygens (including phenoxy) is 2. The number of fused-ring (bicyclic) bond motifs is 1. The molecule has 1 heterocycles. The maximum atomic E-state index is 12.7. The van der Waals surface area contributed by atoms with Crippen LogP contribution in [0, 0.1) is 6.92 Å². The summed E-state index contributed by atoms with van der Waals surface area (Å²) in [6, 6.07) is 14.1. The molecule has 0 unspecified atom stereocenters. The van der Waals surface area contributed by atoms with Crippen LogP contribution in [0.15, 0.2) is 42.5 Å². The number of carbonyl (C=O) groups excluding carboxylic acids is 1. The fraction of sp³-hybridized carbons (Fsp3) is 0.381. The molecule has 1 N–H and O–H groups in total. The van der Waals surface area contributed by atoms with Crippen LogP contribution in [-0.2, 0) is 16.6 Å². The van der Waals surface area contributed by atoms with Crippen molar-refractivity contribution in [2.75, 3.05) is 19.8 Å². The number of hydrogen-bond donors (Lipinski definition) is 1. The van der Waals surface area contributed by atoms with Crippen molar-refractivity contribution < 1.29 is 14.3 Å². The molecular formula is C21H25NO3. The molecule has 0 saturated heterocycles. The summed E-state index contributed by atoms with van der Waals surface area (Å²) in [7, 11) is 0. The Morgan fingerprint density at radius 2 is 1.84 bits per heavy atom. The summed E-state index contributed by atoms with van der Waals surface area (Å²) in [5.41, 5.74) is 2.75. The number of aryl methyl sites for hydroxylation is 1. The number of amides is 1. The number of carbonyl (C=O) groups is 1. The van der Waals surface area contributed by atoms with Crippen molar-refractivity contribution in [2.24, 2.45) is 0 Å². The maximum Gasteiger partial charge on any atom is 0.230 e. The van der Waals surface area contributed by atoms with E-state index in [2.05, 4.69) is 30.4 Å². The molecule has 4 nitrogen and oxygen atoms in total. The van der Waals surface area contributed by atoms with Crippen LogP contribution in [0.4, 0.5) is 0 Å². The Bertz CT molecular complexity index is 767. The quantitative estimate of drug-likeness (QED) is 0.908. The van der Waals surface area contributed by atoms with Gasteiger partial charge in [0.05, 0.1) is 5.41 Å². The van der Waals surface area contributed by atoms with Gasteiger partial charge in [-0.05, 0) is 50.5 Å². The third-order valence-corrected chi connectivity index (χ3v) is 4.61. The van der Waals surface area contributed by atoms with Gasteiger partial charge in [0.2, 0.25) is 5.91 Å². The van der Waals surface area contributed by atoms with Crippen molar-refractivity contribution in [3.63, 3.8) is 0 Å². The molecule has 2 aromatic rings. The van der Waals surface area contributed by atoms with E-state index in [1.165, 1.54) is 11.1 Å². The average Bonchev–Trinajstić information content (AvgIpc) is 2.61. The number of benzene rings is 2. The van der Waals surface area contributed by atoms with Gasteiger partial charge >= 0.3 is 0 Å². The van der Waals surface area contributed by atoms with E-state index in [-0.39, 0.29) is 5.91 Å². The first-order valence-corrected chi connectivity index (χ1v) is 8.71. The van der Waals surface area contributed by atoms with Crippen LogP contribution < -0.4 is 14.8 Å². The molecule has 1 amide bonds. The van der Waals surface area contributed by atoms with Crippen LogP contribution in [0.1, 0.15) is 30.5 Å². The van der Waals surface area contributed by atoms with E-state index in [1.807, 2.05) is 38.1 Å². The van der Waals surface area contributed by atoms with Gasteiger partial charge in [-0.1, -0.05) is 35.9 Å². The van der Waals surface area contributed by atoms with Crippen molar-refractivity contribution >= 4 is 5.91 Å². The number of hydrogen-bond acceptors (Lipinski definition) is 3. The lowest BCUT2D eigenvalue weighted by Crippen LogP contribution is -2.41. The molecule has 0 aromatic heterocycles. The summed E-state index contributed by atoms with van der Waals surface area (Å²) in [4.78, 5) is 12.7. The fourth-order valence-corrected chi connectivity index (χ4v) is 2.97. The zero-order valence-electron chi connectivity index (χ0n) is 15.1. The smallest absolute Gasteiger partial charge is 0.230 e. The van der Waals surface area contributed by atoms with Crippen LogP contribution in [0.25, 0.3) is 0 Å². The lowest BCUT2D eigenvalue weighted by molar-refractivity contribution is -0.125. The van der Waals surface area contributed by atoms with Crippen molar-refractivity contribution in [3.8, 4) is 11.5 Å². The molecule has 132 valence electrons. The summed E-state index contributed by atoms with van der Waals surface area (Å²) in [6.07, 6.45) is 0.824. The third-order valence-electron chi connectivity index (χ3n) is 4.61. The van der Waals surface area contributed by atoms with Gasteiger partial charge in [0, 0.05) is 6.54 Å². The molecule has 0 bridgehead atoms. The minimum absolute atomic E-state index is 0.0110. The summed E-state index contributed by atoms with van der Waals surface area (Å²) in [5, 5.41) is 3.06. The second-order valence-corrected chi connectivity index (χ2v) is 6.98. The second-order valence-electron chi connectivity index (χ2n) is 6.98. The highest BCUT2D eigenvalue weighted by Crippen LogP contribution is 2.35. The standard InChI is InChI=1S/C21H25NO3/c1-15-5-4-6-16(13-15)9-10-22-20(23)21(2,3)17-7-8-18-19(14-17)25-12-11-24-18/h4-8,13-14H,9-12H2,1-3H3,(H,22,23). The minimum atomic E-state index is -0.636. The first-order chi connectivity index (χ1) is 12.0. The lowest BCUT2D eigenvalue weighted by Gasteiger charge is -2.26. The summed E-state index contributed by atoms with van der Waals surface area (Å²) in [6.45, 7) is 7.67. The summed E-state index contributed by atoms with van der Waals surface area (Å²) in [5.74, 6) is 1.46. The topological polar surface area (TPSA) is 47.6 Å². The van der Waals surface area contributed by atoms with E-state index < -0.39 is 5.41 Å². The zero-order valence-corrected chi connectivity index (χ0v) is 15.1. The monoisotopic (exact) mass is 339 g/mol. The lowest BCUT2D eigenvalue weighted by atomic mass is 9.83. The molecular weight excluding hydrogens is 314 g/mol. The SMILES string of the molecule is Cc1cccc(CCNC(=O)C(C)(C)c2ccc3c(c2)OCCO3)c1. The highest BCUT2D eigenvalue weighted by Gasteiger charge is 2.30. The predicted octanol–water partition coefficient (Wildman–Crippen LogP) is 3.40. The molecule has 0 fully saturated rings. The van der Waals surface area contributed by atoms with Gasteiger partial charge < -0.3 is 14.8 Å². The average molecular weight is 339 g/mol. The zero-order chi connectivity index (χ0) is 17.9. The van der Waals surface area contributed by atoms with E-state index in [4.69, 9.17) is 9.47 Å². The van der Waals surface area contributed by atoms with Gasteiger partial charge in [-0.3, -0.25) is 4.79 Å². The molecule has 0 atom stereocenters. The van der Waals surface area contributed by atoms with Gasteiger partial charge in [0.15, 0.2) is 11.5 Å². The fourth-order valence-electron chi connectivity index (χ4n) is 2.97. The first-order valence-electron chi connectivity index (χ1n) is 8.71. The van der Waals surface area contributed by atoms with E-state index in [1.54, 1.807) is 0 Å². The van der Waals surface area contributed by atoms with Gasteiger partial charge in [-0.25, -0.2) is 0 Å². The van der Waals surface area contributed by atoms with E-state index in [9.17, 15) is 4.79 Å². The predicted molar refractivity (Wildman–Crippen MR) is 98.4 cm³/mol. The number of nitrogens with one attached hydrogen (secondary N) is 1. The Kier molecular flexibility index (Phi) is 4.98. The highest BCUT2D eigenvalue weighted by atomic mass is 16.6. The van der Waals surface area contributed by atoms with Crippen molar-refractivity contribution in [3.05, 3.63) is 59.2 Å². The van der Waals surface area contributed by atoms with Crippen LogP contribution in [0.2, 0.25) is 0 Å². The molecule has 0 saturated carbocycles. The minimum Gasteiger partial charge on any atom is -0.486 e. The Morgan fingerprint density at radius 3 is 2.60 bits per heavy atom. The molecule has 1 aliphatic heterocycles. The molecule has 0 aliphatic carbocycles. The summed E-state index contributed by atoms with van der Waals surface area (Å²) >= 11 is 0. The maximum absolute atomic E-state index is 12.7. The van der Waals surface area contributed by atoms with Gasteiger partial charge in [0.1, 0.15) is 13.2 Å². The summed E-state index contributed by atoms with van der Waals surface area (Å²) < 4.78 is 11.2. The molecule has 2 aromatic carbocycles. The Hall–Kier alpha value is -2.49. The Morgan fingerprint density at radius 1 is 1.08 bits per heavy atom. The Labute approximate surface area is 149 Å². The third kappa shape index (κ3) is 3.95. The van der Waals surface area contributed by atoms with Crippen LogP contribution >= 0.6 is 0 Å². The van der Waals surface area contributed by atoms with Crippen LogP contribution in [0.3, 0.4) is 0 Å². The largest absolute Gasteiger partial charge is 0.486 e. The van der Waals surface area contributed by atoms with Crippen molar-refractivity contribution in [2.45, 2.75) is 32.6 Å². The van der Waals surface area contributed by atoms with Gasteiger partial charge in [-0.2, -0.15) is 0 Å². The molecule has 1 aliphatic rings. The molecule has 25 heavy (non-hydrogen) atoms. The number of rotatable bonds is 5. The van der Waals surface area contributed by atoms with E-state index >= 15 is 0 Å². The second kappa shape index (κ2) is 7.18. The molecule has 0 spiro atoms. The normalized spacial score (nSPS) is 13.4. The van der Waals surface area contributed by atoms with Gasteiger partial charge in [-0.15, -0.1) is 0 Å². The Balaban J connectivity index is 1.64. The molecule has 0 radical (unpaired) electrons.